The third-order valence-electron chi connectivity index (χ3n) is 3.04. The van der Waals surface area contributed by atoms with Gasteiger partial charge in [-0.15, -0.1) is 10.2 Å². The first-order valence-electron chi connectivity index (χ1n) is 6.31. The van der Waals surface area contributed by atoms with Crippen molar-refractivity contribution in [3.63, 3.8) is 0 Å². The molecule has 3 heterocycles. The maximum atomic E-state index is 6.05. The van der Waals surface area contributed by atoms with Crippen molar-refractivity contribution in [2.24, 2.45) is 0 Å². The van der Waals surface area contributed by atoms with E-state index < -0.39 is 0 Å². The smallest absolute Gasteiger partial charge is 0.235 e. The molecule has 1 N–H and O–H groups in total. The Hall–Kier alpha value is -1.96. The summed E-state index contributed by atoms with van der Waals surface area (Å²) >= 11 is 13.5. The zero-order valence-electron chi connectivity index (χ0n) is 11.2. The third kappa shape index (κ3) is 2.27. The number of hydrogen-bond acceptors (Lipinski definition) is 5. The van der Waals surface area contributed by atoms with Gasteiger partial charge < -0.3 is 0 Å². The number of aryl methyl sites for hydroxylation is 1. The largest absolute Gasteiger partial charge is 0.282 e. The van der Waals surface area contributed by atoms with Crippen LogP contribution in [0.2, 0.25) is 10.0 Å². The van der Waals surface area contributed by atoms with Crippen molar-refractivity contribution in [1.82, 2.24) is 30.0 Å². The monoisotopic (exact) mass is 350 g/mol. The summed E-state index contributed by atoms with van der Waals surface area (Å²) in [6.07, 6.45) is 0. The van der Waals surface area contributed by atoms with Crippen molar-refractivity contribution in [2.75, 3.05) is 0 Å². The summed E-state index contributed by atoms with van der Waals surface area (Å²) in [4.78, 5) is 0.682. The number of benzene rings is 1. The summed E-state index contributed by atoms with van der Waals surface area (Å²) in [5.74, 6) is 0.592. The molecule has 0 spiro atoms. The van der Waals surface area contributed by atoms with Gasteiger partial charge in [-0.1, -0.05) is 34.5 Å². The number of halogens is 2. The molecule has 0 aliphatic heterocycles. The molecule has 0 unspecified atom stereocenters. The molecule has 0 bridgehead atoms. The van der Waals surface area contributed by atoms with E-state index in [1.54, 1.807) is 22.7 Å². The Morgan fingerprint density at radius 3 is 2.55 bits per heavy atom. The second-order valence-electron chi connectivity index (χ2n) is 4.72. The number of H-pyrrole nitrogens is 1. The highest BCUT2D eigenvalue weighted by atomic mass is 35.5. The Morgan fingerprint density at radius 2 is 1.86 bits per heavy atom. The molecule has 110 valence electrons. The molecule has 6 nitrogen and oxygen atoms in total. The Morgan fingerprint density at radius 1 is 1.09 bits per heavy atom. The number of aromatic nitrogens is 6. The number of hydrogen-bond donors (Lipinski definition) is 1. The summed E-state index contributed by atoms with van der Waals surface area (Å²) in [7, 11) is 0. The van der Waals surface area contributed by atoms with E-state index in [1.807, 2.05) is 13.0 Å². The average Bonchev–Trinajstić information content (AvgIpc) is 3.11. The molecular weight excluding hydrogens is 343 g/mol. The number of fused-ring (bicyclic) bond motifs is 1. The van der Waals surface area contributed by atoms with Crippen LogP contribution in [0, 0.1) is 6.92 Å². The van der Waals surface area contributed by atoms with Gasteiger partial charge >= 0.3 is 0 Å². The summed E-state index contributed by atoms with van der Waals surface area (Å²) in [5.41, 5.74) is 2.52. The molecule has 3 aromatic heterocycles. The maximum Gasteiger partial charge on any atom is 0.235 e. The zero-order valence-corrected chi connectivity index (χ0v) is 13.5. The molecule has 0 aliphatic rings. The van der Waals surface area contributed by atoms with Crippen LogP contribution in [0.15, 0.2) is 24.3 Å². The van der Waals surface area contributed by atoms with Gasteiger partial charge in [0, 0.05) is 21.3 Å². The van der Waals surface area contributed by atoms with Crippen molar-refractivity contribution < 1.29 is 0 Å². The van der Waals surface area contributed by atoms with E-state index >= 15 is 0 Å². The van der Waals surface area contributed by atoms with Gasteiger partial charge in [0.15, 0.2) is 10.8 Å². The first kappa shape index (κ1) is 13.7. The van der Waals surface area contributed by atoms with Gasteiger partial charge in [-0.2, -0.15) is 14.7 Å². The lowest BCUT2D eigenvalue weighted by Crippen LogP contribution is -1.91. The third-order valence-corrected chi connectivity index (χ3v) is 4.39. The number of aromatic amines is 1. The molecule has 0 saturated carbocycles. The molecule has 9 heteroatoms. The molecule has 22 heavy (non-hydrogen) atoms. The molecule has 0 amide bonds. The molecule has 4 rings (SSSR count). The number of nitrogens with one attached hydrogen (secondary N) is 1. The van der Waals surface area contributed by atoms with Crippen LogP contribution < -0.4 is 0 Å². The first-order valence-corrected chi connectivity index (χ1v) is 7.88. The second-order valence-corrected chi connectivity index (χ2v) is 6.55. The van der Waals surface area contributed by atoms with Crippen LogP contribution in [0.4, 0.5) is 0 Å². The van der Waals surface area contributed by atoms with E-state index in [0.717, 1.165) is 22.0 Å². The lowest BCUT2D eigenvalue weighted by Gasteiger charge is -1.99. The van der Waals surface area contributed by atoms with Crippen LogP contribution in [0.3, 0.4) is 0 Å². The van der Waals surface area contributed by atoms with Gasteiger partial charge in [0.25, 0.3) is 0 Å². The summed E-state index contributed by atoms with van der Waals surface area (Å²) < 4.78 is 1.67. The Balaban J connectivity index is 1.87. The number of nitrogens with zero attached hydrogens (tertiary/aromatic N) is 5. The van der Waals surface area contributed by atoms with E-state index in [0.29, 0.717) is 20.8 Å². The highest BCUT2D eigenvalue weighted by Crippen LogP contribution is 2.29. The van der Waals surface area contributed by atoms with E-state index in [2.05, 4.69) is 25.5 Å². The van der Waals surface area contributed by atoms with E-state index in [1.165, 1.54) is 11.3 Å². The molecule has 0 aliphatic carbocycles. The molecule has 4 aromatic rings. The van der Waals surface area contributed by atoms with Gasteiger partial charge in [0.05, 0.1) is 0 Å². The minimum Gasteiger partial charge on any atom is -0.282 e. The van der Waals surface area contributed by atoms with Crippen molar-refractivity contribution >= 4 is 39.5 Å². The lowest BCUT2D eigenvalue weighted by atomic mass is 10.2. The van der Waals surface area contributed by atoms with E-state index in [-0.39, 0.29) is 0 Å². The maximum absolute atomic E-state index is 6.05. The molecule has 0 atom stereocenters. The first-order chi connectivity index (χ1) is 10.6. The average molecular weight is 351 g/mol. The topological polar surface area (TPSA) is 71.8 Å². The van der Waals surface area contributed by atoms with Crippen LogP contribution in [0.25, 0.3) is 27.1 Å². The Kier molecular flexibility index (Phi) is 3.14. The molecule has 0 saturated heterocycles. The van der Waals surface area contributed by atoms with Gasteiger partial charge in [-0.25, -0.2) is 0 Å². The van der Waals surface area contributed by atoms with E-state index in [9.17, 15) is 0 Å². The summed E-state index contributed by atoms with van der Waals surface area (Å²) in [5, 5.41) is 21.8. The SMILES string of the molecule is Cc1cc(-c2nn3c(-c4cc(Cl)cc(Cl)c4)nnc3s2)n[nH]1. The van der Waals surface area contributed by atoms with Crippen LogP contribution >= 0.6 is 34.5 Å². The Labute approximate surface area is 138 Å². The van der Waals surface area contributed by atoms with Crippen molar-refractivity contribution in [1.29, 1.82) is 0 Å². The van der Waals surface area contributed by atoms with Crippen molar-refractivity contribution in [3.8, 4) is 22.1 Å². The zero-order chi connectivity index (χ0) is 15.3. The molecule has 1 aromatic carbocycles. The van der Waals surface area contributed by atoms with Crippen LogP contribution in [0.5, 0.6) is 0 Å². The summed E-state index contributed by atoms with van der Waals surface area (Å²) in [6, 6.07) is 7.16. The fourth-order valence-corrected chi connectivity index (χ4v) is 3.44. The second kappa shape index (κ2) is 5.05. The minimum absolute atomic E-state index is 0.539. The van der Waals surface area contributed by atoms with Gasteiger partial charge in [-0.3, -0.25) is 5.10 Å². The highest BCUT2D eigenvalue weighted by Gasteiger charge is 2.16. The molecular formula is C13H8Cl2N6S. The van der Waals surface area contributed by atoms with Gasteiger partial charge in [-0.05, 0) is 31.2 Å². The minimum atomic E-state index is 0.539. The quantitative estimate of drug-likeness (QED) is 0.595. The predicted octanol–water partition coefficient (Wildman–Crippen LogP) is 3.86. The van der Waals surface area contributed by atoms with Crippen molar-refractivity contribution in [2.45, 2.75) is 6.92 Å². The molecule has 0 radical (unpaired) electrons. The van der Waals surface area contributed by atoms with Crippen LogP contribution in [-0.4, -0.2) is 30.0 Å². The standard InChI is InChI=1S/C13H8Cl2N6S/c1-6-2-10(17-16-6)12-20-21-11(18-19-13(21)22-12)7-3-8(14)5-9(15)4-7/h2-5H,1H3,(H,16,17). The van der Waals surface area contributed by atoms with Gasteiger partial charge in [0.2, 0.25) is 4.96 Å². The van der Waals surface area contributed by atoms with Crippen LogP contribution in [-0.2, 0) is 0 Å². The van der Waals surface area contributed by atoms with E-state index in [4.69, 9.17) is 23.2 Å². The fourth-order valence-electron chi connectivity index (χ4n) is 2.11. The highest BCUT2D eigenvalue weighted by molar-refractivity contribution is 7.19. The fraction of sp³-hybridized carbons (Fsp3) is 0.0769. The van der Waals surface area contributed by atoms with Crippen LogP contribution in [0.1, 0.15) is 5.69 Å². The molecule has 0 fully saturated rings. The summed E-state index contributed by atoms with van der Waals surface area (Å²) in [6.45, 7) is 1.94. The van der Waals surface area contributed by atoms with Gasteiger partial charge in [0.1, 0.15) is 5.69 Å². The lowest BCUT2D eigenvalue weighted by molar-refractivity contribution is 0.962. The Bertz CT molecular complexity index is 965. The normalized spacial score (nSPS) is 11.4. The predicted molar refractivity (Wildman–Crippen MR) is 86.4 cm³/mol. The number of rotatable bonds is 2. The van der Waals surface area contributed by atoms with Crippen molar-refractivity contribution in [3.05, 3.63) is 40.0 Å².